The molecule has 2 fully saturated rings. The van der Waals surface area contributed by atoms with Gasteiger partial charge in [-0.3, -0.25) is 4.90 Å². The maximum atomic E-state index is 13.5. The van der Waals surface area contributed by atoms with E-state index in [1.54, 1.807) is 7.11 Å². The Hall–Kier alpha value is -2.13. The molecule has 35 heavy (non-hydrogen) atoms. The van der Waals surface area contributed by atoms with E-state index in [1.165, 1.54) is 5.56 Å². The third kappa shape index (κ3) is 6.00. The van der Waals surface area contributed by atoms with E-state index in [0.717, 1.165) is 35.4 Å². The van der Waals surface area contributed by atoms with Crippen LogP contribution < -0.4 is 10.1 Å². The number of likely N-dealkylation sites (N-methyl/N-ethyl adjacent to an activating group) is 2. The molecule has 0 unspecified atom stereocenters. The molecule has 8 heteroatoms. The number of hydrogen-bond acceptors (Lipinski definition) is 5. The second-order valence-electron chi connectivity index (χ2n) is 10.2. The van der Waals surface area contributed by atoms with E-state index in [0.29, 0.717) is 37.1 Å². The SMILES string of the molecule is COc1ccc(NC(=O)N2C[C@@H](N(C)C)CCN3[C@H](CN(C)C)[C@H](c4ccc(Br)cc4)[C@@H]3C2)cc1. The number of nitrogens with one attached hydrogen (secondary N) is 1. The first-order chi connectivity index (χ1) is 16.8. The van der Waals surface area contributed by atoms with Crippen LogP contribution in [0.25, 0.3) is 0 Å². The van der Waals surface area contributed by atoms with E-state index in [2.05, 4.69) is 88.4 Å². The summed E-state index contributed by atoms with van der Waals surface area (Å²) in [5.74, 6) is 1.16. The number of carbonyl (C=O) groups excluding carboxylic acids is 1. The van der Waals surface area contributed by atoms with Gasteiger partial charge in [-0.05, 0) is 76.6 Å². The van der Waals surface area contributed by atoms with Gasteiger partial charge in [-0.2, -0.15) is 0 Å². The highest BCUT2D eigenvalue weighted by molar-refractivity contribution is 9.10. The van der Waals surface area contributed by atoms with Gasteiger partial charge in [-0.1, -0.05) is 28.1 Å². The van der Waals surface area contributed by atoms with Crippen LogP contribution in [0.3, 0.4) is 0 Å². The number of urea groups is 1. The molecule has 190 valence electrons. The normalized spacial score (nSPS) is 25.0. The van der Waals surface area contributed by atoms with Gasteiger partial charge in [-0.15, -0.1) is 0 Å². The Bertz CT molecular complexity index is 982. The minimum Gasteiger partial charge on any atom is -0.497 e. The van der Waals surface area contributed by atoms with Crippen LogP contribution in [0.4, 0.5) is 10.5 Å². The first kappa shape index (κ1) is 25.9. The van der Waals surface area contributed by atoms with Gasteiger partial charge in [0.1, 0.15) is 5.75 Å². The number of benzene rings is 2. The predicted octanol–water partition coefficient (Wildman–Crippen LogP) is 4.02. The lowest BCUT2D eigenvalue weighted by Gasteiger charge is -2.59. The van der Waals surface area contributed by atoms with Crippen LogP contribution in [-0.4, -0.2) is 105 Å². The summed E-state index contributed by atoms with van der Waals surface area (Å²) in [4.78, 5) is 22.7. The number of amides is 2. The topological polar surface area (TPSA) is 51.3 Å². The maximum absolute atomic E-state index is 13.5. The van der Waals surface area contributed by atoms with E-state index in [9.17, 15) is 4.79 Å². The van der Waals surface area contributed by atoms with Crippen molar-refractivity contribution in [2.75, 3.05) is 66.8 Å². The minimum atomic E-state index is -0.0468. The van der Waals surface area contributed by atoms with E-state index >= 15 is 0 Å². The van der Waals surface area contributed by atoms with Crippen molar-refractivity contribution in [3.63, 3.8) is 0 Å². The Balaban J connectivity index is 1.59. The molecule has 2 aliphatic rings. The van der Waals surface area contributed by atoms with Crippen molar-refractivity contribution >= 4 is 27.6 Å². The Kier molecular flexibility index (Phi) is 8.37. The quantitative estimate of drug-likeness (QED) is 0.596. The summed E-state index contributed by atoms with van der Waals surface area (Å²) in [6, 6.07) is 17.2. The van der Waals surface area contributed by atoms with Crippen LogP contribution in [0.1, 0.15) is 17.9 Å². The molecular weight excluding hydrogens is 506 g/mol. The average Bonchev–Trinajstić information content (AvgIpc) is 2.81. The zero-order valence-corrected chi connectivity index (χ0v) is 23.0. The van der Waals surface area contributed by atoms with Gasteiger partial charge in [-0.25, -0.2) is 4.79 Å². The summed E-state index contributed by atoms with van der Waals surface area (Å²) in [6.07, 6.45) is 1.03. The van der Waals surface area contributed by atoms with Crippen molar-refractivity contribution in [1.82, 2.24) is 19.6 Å². The number of halogens is 1. The van der Waals surface area contributed by atoms with Gasteiger partial charge < -0.3 is 24.8 Å². The molecule has 0 saturated carbocycles. The fourth-order valence-electron chi connectivity index (χ4n) is 5.49. The Labute approximate surface area is 218 Å². The molecule has 0 aromatic heterocycles. The number of fused-ring (bicyclic) bond motifs is 1. The van der Waals surface area contributed by atoms with Crippen molar-refractivity contribution in [1.29, 1.82) is 0 Å². The van der Waals surface area contributed by atoms with Crippen molar-refractivity contribution in [3.8, 4) is 5.75 Å². The fraction of sp³-hybridized carbons (Fsp3) is 0.519. The molecule has 0 radical (unpaired) electrons. The molecule has 0 spiro atoms. The number of hydrogen-bond donors (Lipinski definition) is 1. The molecule has 4 atom stereocenters. The van der Waals surface area contributed by atoms with Crippen LogP contribution in [0.5, 0.6) is 5.75 Å². The van der Waals surface area contributed by atoms with Crippen LogP contribution in [0, 0.1) is 0 Å². The van der Waals surface area contributed by atoms with Gasteiger partial charge >= 0.3 is 6.03 Å². The second kappa shape index (κ2) is 11.3. The summed E-state index contributed by atoms with van der Waals surface area (Å²) >= 11 is 3.58. The maximum Gasteiger partial charge on any atom is 0.321 e. The lowest BCUT2D eigenvalue weighted by atomic mass is 9.73. The van der Waals surface area contributed by atoms with E-state index in [4.69, 9.17) is 4.74 Å². The number of anilines is 1. The molecule has 7 nitrogen and oxygen atoms in total. The van der Waals surface area contributed by atoms with Crippen molar-refractivity contribution in [2.24, 2.45) is 0 Å². The van der Waals surface area contributed by atoms with E-state index < -0.39 is 0 Å². The summed E-state index contributed by atoms with van der Waals surface area (Å²) in [6.45, 7) is 3.47. The third-order valence-electron chi connectivity index (χ3n) is 7.41. The molecule has 2 heterocycles. The van der Waals surface area contributed by atoms with E-state index in [-0.39, 0.29) is 6.03 Å². The minimum absolute atomic E-state index is 0.0468. The standard InChI is InChI=1S/C27H38BrN5O2/c1-30(2)17-24-26(19-6-8-20(28)9-7-19)25-18-32(16-22(31(3)4)14-15-33(24)25)27(34)29-21-10-12-23(35-5)13-11-21/h6-13,22,24-26H,14-18H2,1-5H3,(H,29,34)/t22-,24+,25-,26-/m0/s1. The third-order valence-corrected chi connectivity index (χ3v) is 7.93. The van der Waals surface area contributed by atoms with Gasteiger partial charge in [0, 0.05) is 60.4 Å². The van der Waals surface area contributed by atoms with Crippen LogP contribution >= 0.6 is 15.9 Å². The van der Waals surface area contributed by atoms with Crippen molar-refractivity contribution < 1.29 is 9.53 Å². The number of nitrogens with zero attached hydrogens (tertiary/aromatic N) is 4. The highest BCUT2D eigenvalue weighted by Gasteiger charge is 2.50. The van der Waals surface area contributed by atoms with Crippen LogP contribution in [-0.2, 0) is 0 Å². The largest absolute Gasteiger partial charge is 0.497 e. The van der Waals surface area contributed by atoms with Gasteiger partial charge in [0.05, 0.1) is 7.11 Å². The molecule has 2 amide bonds. The Morgan fingerprint density at radius 1 is 1.06 bits per heavy atom. The Morgan fingerprint density at radius 2 is 1.74 bits per heavy atom. The summed E-state index contributed by atoms with van der Waals surface area (Å²) in [7, 11) is 10.2. The highest BCUT2D eigenvalue weighted by Crippen LogP contribution is 2.43. The van der Waals surface area contributed by atoms with Crippen LogP contribution in [0.15, 0.2) is 53.0 Å². The summed E-state index contributed by atoms with van der Waals surface area (Å²) < 4.78 is 6.34. The number of rotatable bonds is 6. The molecular formula is C27H38BrN5O2. The second-order valence-corrected chi connectivity index (χ2v) is 11.1. The monoisotopic (exact) mass is 543 g/mol. The van der Waals surface area contributed by atoms with Gasteiger partial charge in [0.2, 0.25) is 0 Å². The smallest absolute Gasteiger partial charge is 0.321 e. The van der Waals surface area contributed by atoms with Gasteiger partial charge in [0.15, 0.2) is 0 Å². The first-order valence-corrected chi connectivity index (χ1v) is 13.1. The molecule has 0 aliphatic carbocycles. The zero-order valence-electron chi connectivity index (χ0n) is 21.4. The van der Waals surface area contributed by atoms with Crippen molar-refractivity contribution in [2.45, 2.75) is 30.5 Å². The predicted molar refractivity (Wildman–Crippen MR) is 145 cm³/mol. The first-order valence-electron chi connectivity index (χ1n) is 12.3. The van der Waals surface area contributed by atoms with E-state index in [1.807, 2.05) is 29.2 Å². The number of carbonyl (C=O) groups is 1. The van der Waals surface area contributed by atoms with Crippen molar-refractivity contribution in [3.05, 3.63) is 58.6 Å². The number of methoxy groups -OCH3 is 1. The molecule has 0 bridgehead atoms. The Morgan fingerprint density at radius 3 is 2.34 bits per heavy atom. The highest BCUT2D eigenvalue weighted by atomic mass is 79.9. The molecule has 4 rings (SSSR count). The van der Waals surface area contributed by atoms with Crippen LogP contribution in [0.2, 0.25) is 0 Å². The average molecular weight is 545 g/mol. The lowest BCUT2D eigenvalue weighted by Crippen LogP contribution is -2.70. The molecule has 2 saturated heterocycles. The molecule has 2 aromatic carbocycles. The zero-order chi connectivity index (χ0) is 25.1. The summed E-state index contributed by atoms with van der Waals surface area (Å²) in [5, 5.41) is 3.12. The molecule has 2 aliphatic heterocycles. The van der Waals surface area contributed by atoms with Gasteiger partial charge in [0.25, 0.3) is 0 Å². The molecule has 2 aromatic rings. The number of ether oxygens (including phenoxy) is 1. The molecule has 1 N–H and O–H groups in total. The lowest BCUT2D eigenvalue weighted by molar-refractivity contribution is -0.0528. The fourth-order valence-corrected chi connectivity index (χ4v) is 5.76. The summed E-state index contributed by atoms with van der Waals surface area (Å²) in [5.41, 5.74) is 2.13.